The van der Waals surface area contributed by atoms with Crippen molar-refractivity contribution in [3.8, 4) is 5.88 Å². The second-order valence-electron chi connectivity index (χ2n) is 5.12. The number of hydrogen-bond donors (Lipinski definition) is 1. The lowest BCUT2D eigenvalue weighted by atomic mass is 10.0. The highest BCUT2D eigenvalue weighted by Gasteiger charge is 2.16. The van der Waals surface area contributed by atoms with Gasteiger partial charge < -0.3 is 15.0 Å². The Morgan fingerprint density at radius 2 is 1.90 bits per heavy atom. The molecular formula is C17H23N3O. The van der Waals surface area contributed by atoms with Crippen molar-refractivity contribution in [2.75, 3.05) is 31.4 Å². The zero-order chi connectivity index (χ0) is 15.2. The van der Waals surface area contributed by atoms with Gasteiger partial charge in [0.25, 0.3) is 0 Å². The standard InChI is InChI=1S/C17H23N3O/c1-5-14(13-9-7-6-8-10-13)19-16-15(20(2)3)11-12-18-17(16)21-4/h6-12,14,19H,5H2,1-4H3. The number of hydrogen-bond acceptors (Lipinski definition) is 4. The molecule has 2 rings (SSSR count). The maximum absolute atomic E-state index is 5.42. The number of benzene rings is 1. The van der Waals surface area contributed by atoms with Crippen LogP contribution < -0.4 is 15.0 Å². The Morgan fingerprint density at radius 3 is 2.48 bits per heavy atom. The van der Waals surface area contributed by atoms with Crippen LogP contribution in [0.15, 0.2) is 42.6 Å². The molecule has 0 saturated heterocycles. The molecule has 1 atom stereocenters. The molecule has 0 fully saturated rings. The first kappa shape index (κ1) is 15.2. The Kier molecular flexibility index (Phi) is 5.04. The van der Waals surface area contributed by atoms with Crippen LogP contribution in [0.25, 0.3) is 0 Å². The van der Waals surface area contributed by atoms with Gasteiger partial charge in [-0.05, 0) is 18.1 Å². The van der Waals surface area contributed by atoms with Gasteiger partial charge in [-0.3, -0.25) is 0 Å². The molecule has 21 heavy (non-hydrogen) atoms. The van der Waals surface area contributed by atoms with Crippen LogP contribution in [0.5, 0.6) is 5.88 Å². The molecule has 1 heterocycles. The first-order chi connectivity index (χ1) is 10.2. The van der Waals surface area contributed by atoms with Crippen LogP contribution in [0.3, 0.4) is 0 Å². The minimum atomic E-state index is 0.225. The van der Waals surface area contributed by atoms with Crippen molar-refractivity contribution in [2.24, 2.45) is 0 Å². The Hall–Kier alpha value is -2.23. The highest BCUT2D eigenvalue weighted by Crippen LogP contribution is 2.35. The molecule has 4 heteroatoms. The van der Waals surface area contributed by atoms with E-state index in [1.807, 2.05) is 26.2 Å². The lowest BCUT2D eigenvalue weighted by Crippen LogP contribution is -2.16. The zero-order valence-electron chi connectivity index (χ0n) is 13.1. The Labute approximate surface area is 126 Å². The maximum Gasteiger partial charge on any atom is 0.239 e. The fraction of sp³-hybridized carbons (Fsp3) is 0.353. The minimum absolute atomic E-state index is 0.225. The summed E-state index contributed by atoms with van der Waals surface area (Å²) in [6.07, 6.45) is 2.75. The van der Waals surface area contributed by atoms with Gasteiger partial charge in [0.15, 0.2) is 0 Å². The molecule has 0 aliphatic carbocycles. The van der Waals surface area contributed by atoms with Crippen LogP contribution in [0.4, 0.5) is 11.4 Å². The van der Waals surface area contributed by atoms with Gasteiger partial charge in [-0.1, -0.05) is 37.3 Å². The number of nitrogens with zero attached hydrogens (tertiary/aromatic N) is 2. The number of methoxy groups -OCH3 is 1. The summed E-state index contributed by atoms with van der Waals surface area (Å²) in [6, 6.07) is 12.6. The molecule has 1 aromatic heterocycles. The predicted molar refractivity (Wildman–Crippen MR) is 88.2 cm³/mol. The van der Waals surface area contributed by atoms with Gasteiger partial charge in [0.1, 0.15) is 5.69 Å². The molecule has 0 amide bonds. The molecule has 0 radical (unpaired) electrons. The zero-order valence-corrected chi connectivity index (χ0v) is 13.1. The van der Waals surface area contributed by atoms with Crippen molar-refractivity contribution in [1.82, 2.24) is 4.98 Å². The van der Waals surface area contributed by atoms with Crippen LogP contribution >= 0.6 is 0 Å². The van der Waals surface area contributed by atoms with E-state index >= 15 is 0 Å². The molecule has 0 saturated carbocycles. The van der Waals surface area contributed by atoms with Crippen molar-refractivity contribution in [3.63, 3.8) is 0 Å². The first-order valence-corrected chi connectivity index (χ1v) is 7.19. The van der Waals surface area contributed by atoms with E-state index in [1.165, 1.54) is 5.56 Å². The highest BCUT2D eigenvalue weighted by atomic mass is 16.5. The van der Waals surface area contributed by atoms with Crippen molar-refractivity contribution >= 4 is 11.4 Å². The minimum Gasteiger partial charge on any atom is -0.479 e. The Bertz CT molecular complexity index is 570. The molecule has 0 bridgehead atoms. The van der Waals surface area contributed by atoms with Gasteiger partial charge in [0.2, 0.25) is 5.88 Å². The third-order valence-electron chi connectivity index (χ3n) is 3.50. The van der Waals surface area contributed by atoms with Gasteiger partial charge in [-0.15, -0.1) is 0 Å². The molecule has 0 aliphatic heterocycles. The van der Waals surface area contributed by atoms with Crippen LogP contribution in [-0.2, 0) is 0 Å². The van der Waals surface area contributed by atoms with E-state index in [0.717, 1.165) is 17.8 Å². The van der Waals surface area contributed by atoms with E-state index in [-0.39, 0.29) is 6.04 Å². The van der Waals surface area contributed by atoms with Crippen LogP contribution in [0, 0.1) is 0 Å². The molecule has 112 valence electrons. The molecule has 0 aliphatic rings. The summed E-state index contributed by atoms with van der Waals surface area (Å²) in [7, 11) is 5.68. The summed E-state index contributed by atoms with van der Waals surface area (Å²) in [6.45, 7) is 2.17. The fourth-order valence-electron chi connectivity index (χ4n) is 2.38. The summed E-state index contributed by atoms with van der Waals surface area (Å²) in [4.78, 5) is 6.37. The van der Waals surface area contributed by atoms with Crippen LogP contribution in [-0.4, -0.2) is 26.2 Å². The van der Waals surface area contributed by atoms with Gasteiger partial charge in [-0.2, -0.15) is 0 Å². The van der Waals surface area contributed by atoms with Crippen LogP contribution in [0.1, 0.15) is 24.9 Å². The number of aromatic nitrogens is 1. The lowest BCUT2D eigenvalue weighted by Gasteiger charge is -2.24. The van der Waals surface area contributed by atoms with Gasteiger partial charge in [-0.25, -0.2) is 4.98 Å². The highest BCUT2D eigenvalue weighted by molar-refractivity contribution is 5.74. The number of nitrogens with one attached hydrogen (secondary N) is 1. The van der Waals surface area contributed by atoms with Gasteiger partial charge in [0, 0.05) is 20.3 Å². The second-order valence-corrected chi connectivity index (χ2v) is 5.12. The summed E-state index contributed by atoms with van der Waals surface area (Å²) in [5.41, 5.74) is 3.26. The number of pyridine rings is 1. The number of ether oxygens (including phenoxy) is 1. The molecule has 2 aromatic rings. The Morgan fingerprint density at radius 1 is 1.19 bits per heavy atom. The van der Waals surface area contributed by atoms with E-state index in [0.29, 0.717) is 5.88 Å². The normalized spacial score (nSPS) is 11.8. The average Bonchev–Trinajstić information content (AvgIpc) is 2.53. The maximum atomic E-state index is 5.42. The van der Waals surface area contributed by atoms with Crippen molar-refractivity contribution in [2.45, 2.75) is 19.4 Å². The van der Waals surface area contributed by atoms with E-state index in [2.05, 4.69) is 46.4 Å². The predicted octanol–water partition coefficient (Wildman–Crippen LogP) is 3.72. The summed E-state index contributed by atoms with van der Waals surface area (Å²) >= 11 is 0. The fourth-order valence-corrected chi connectivity index (χ4v) is 2.38. The second kappa shape index (κ2) is 6.97. The summed E-state index contributed by atoms with van der Waals surface area (Å²) in [5, 5.41) is 3.59. The summed E-state index contributed by atoms with van der Waals surface area (Å²) < 4.78 is 5.42. The van der Waals surface area contributed by atoms with E-state index in [9.17, 15) is 0 Å². The van der Waals surface area contributed by atoms with Gasteiger partial charge in [0.05, 0.1) is 18.8 Å². The monoisotopic (exact) mass is 285 g/mol. The number of rotatable bonds is 6. The van der Waals surface area contributed by atoms with E-state index in [1.54, 1.807) is 13.3 Å². The Balaban J connectivity index is 2.37. The van der Waals surface area contributed by atoms with E-state index < -0.39 is 0 Å². The number of anilines is 2. The average molecular weight is 285 g/mol. The third-order valence-corrected chi connectivity index (χ3v) is 3.50. The molecule has 1 unspecified atom stereocenters. The third kappa shape index (κ3) is 3.45. The van der Waals surface area contributed by atoms with Crippen molar-refractivity contribution in [3.05, 3.63) is 48.2 Å². The van der Waals surface area contributed by atoms with Crippen LogP contribution in [0.2, 0.25) is 0 Å². The smallest absolute Gasteiger partial charge is 0.239 e. The van der Waals surface area contributed by atoms with Crippen molar-refractivity contribution in [1.29, 1.82) is 0 Å². The SMILES string of the molecule is CCC(Nc1c(N(C)C)ccnc1OC)c1ccccc1. The first-order valence-electron chi connectivity index (χ1n) is 7.19. The molecular weight excluding hydrogens is 262 g/mol. The quantitative estimate of drug-likeness (QED) is 0.877. The summed E-state index contributed by atoms with van der Waals surface area (Å²) in [5.74, 6) is 0.621. The van der Waals surface area contributed by atoms with Crippen molar-refractivity contribution < 1.29 is 4.74 Å². The molecule has 0 spiro atoms. The van der Waals surface area contributed by atoms with Gasteiger partial charge >= 0.3 is 0 Å². The van der Waals surface area contributed by atoms with E-state index in [4.69, 9.17) is 4.74 Å². The molecule has 1 N–H and O–H groups in total. The topological polar surface area (TPSA) is 37.4 Å². The largest absolute Gasteiger partial charge is 0.479 e. The molecule has 4 nitrogen and oxygen atoms in total. The molecule has 1 aromatic carbocycles. The lowest BCUT2D eigenvalue weighted by molar-refractivity contribution is 0.399.